The zero-order chi connectivity index (χ0) is 23.5. The van der Waals surface area contributed by atoms with Gasteiger partial charge >= 0.3 is 0 Å². The lowest BCUT2D eigenvalue weighted by atomic mass is 10.1. The molecule has 170 valence electrons. The first-order chi connectivity index (χ1) is 15.2. The number of hydrogen-bond donors (Lipinski definition) is 3. The molecule has 0 saturated heterocycles. The molecule has 0 saturated carbocycles. The lowest BCUT2D eigenvalue weighted by Crippen LogP contribution is -2.26. The Morgan fingerprint density at radius 2 is 1.97 bits per heavy atom. The van der Waals surface area contributed by atoms with Gasteiger partial charge in [-0.05, 0) is 7.05 Å². The van der Waals surface area contributed by atoms with Crippen molar-refractivity contribution in [1.29, 1.82) is 0 Å². The van der Waals surface area contributed by atoms with Gasteiger partial charge in [0, 0.05) is 25.5 Å². The van der Waals surface area contributed by atoms with Gasteiger partial charge in [0.15, 0.2) is 11.5 Å². The van der Waals surface area contributed by atoms with Crippen molar-refractivity contribution in [2.24, 2.45) is 7.05 Å². The molecule has 0 aliphatic heterocycles. The molecule has 13 nitrogen and oxygen atoms in total. The second-order valence-electron chi connectivity index (χ2n) is 6.47. The monoisotopic (exact) mass is 463 g/mol. The standard InChI is InChI=1S/C18H21N7O6S/c1-20-32(28,29)5-4-31-12-6-11(19)13-14(15(12)30-3)23-18(25(2)17(13)27)24-16(26)10-7-21-9-22-8-10/h6-9,20H,4-5,19H2,1-3H3,(H,23,24,26). The first-order valence-electron chi connectivity index (χ1n) is 9.16. The minimum atomic E-state index is -3.49. The zero-order valence-corrected chi connectivity index (χ0v) is 18.3. The van der Waals surface area contributed by atoms with Crippen LogP contribution in [0.2, 0.25) is 0 Å². The topological polar surface area (TPSA) is 180 Å². The summed E-state index contributed by atoms with van der Waals surface area (Å²) in [6.45, 7) is -0.201. The van der Waals surface area contributed by atoms with Gasteiger partial charge in [0.2, 0.25) is 16.0 Å². The van der Waals surface area contributed by atoms with Crippen LogP contribution in [0.25, 0.3) is 10.9 Å². The predicted octanol–water partition coefficient (Wildman–Crippen LogP) is -0.505. The Balaban J connectivity index is 2.05. The number of nitrogens with zero attached hydrogens (tertiary/aromatic N) is 4. The number of nitrogens with two attached hydrogens (primary N) is 1. The number of fused-ring (bicyclic) bond motifs is 1. The second kappa shape index (κ2) is 9.15. The summed E-state index contributed by atoms with van der Waals surface area (Å²) in [5, 5.41) is 2.58. The highest BCUT2D eigenvalue weighted by molar-refractivity contribution is 7.89. The van der Waals surface area contributed by atoms with Crippen molar-refractivity contribution >= 4 is 38.5 Å². The third-order valence-electron chi connectivity index (χ3n) is 4.48. The maximum Gasteiger partial charge on any atom is 0.264 e. The van der Waals surface area contributed by atoms with Gasteiger partial charge in [-0.15, -0.1) is 0 Å². The molecule has 1 aromatic carbocycles. The Bertz CT molecular complexity index is 1330. The quantitative estimate of drug-likeness (QED) is 0.368. The van der Waals surface area contributed by atoms with E-state index in [0.29, 0.717) is 0 Å². The number of carbonyl (C=O) groups is 1. The number of anilines is 2. The summed E-state index contributed by atoms with van der Waals surface area (Å²) in [5.41, 5.74) is 5.78. The average Bonchev–Trinajstić information content (AvgIpc) is 2.77. The molecular formula is C18H21N7O6S. The van der Waals surface area contributed by atoms with E-state index in [2.05, 4.69) is 25.0 Å². The molecule has 0 atom stereocenters. The van der Waals surface area contributed by atoms with E-state index in [1.54, 1.807) is 0 Å². The van der Waals surface area contributed by atoms with Crippen LogP contribution in [0.3, 0.4) is 0 Å². The van der Waals surface area contributed by atoms with E-state index in [1.807, 2.05) is 0 Å². The fourth-order valence-corrected chi connectivity index (χ4v) is 3.30. The second-order valence-corrected chi connectivity index (χ2v) is 8.52. The van der Waals surface area contributed by atoms with Crippen LogP contribution in [0, 0.1) is 0 Å². The number of carbonyl (C=O) groups excluding carboxylic acids is 1. The highest BCUT2D eigenvalue weighted by atomic mass is 32.2. The highest BCUT2D eigenvalue weighted by Crippen LogP contribution is 2.37. The lowest BCUT2D eigenvalue weighted by molar-refractivity contribution is 0.102. The Morgan fingerprint density at radius 1 is 1.28 bits per heavy atom. The molecule has 0 fully saturated rings. The molecule has 0 spiro atoms. The lowest BCUT2D eigenvalue weighted by Gasteiger charge is -2.16. The molecule has 4 N–H and O–H groups in total. The largest absolute Gasteiger partial charge is 0.491 e. The van der Waals surface area contributed by atoms with Crippen LogP contribution in [0.1, 0.15) is 10.4 Å². The van der Waals surface area contributed by atoms with Crippen molar-refractivity contribution in [3.05, 3.63) is 40.7 Å². The molecule has 2 heterocycles. The Labute approximate surface area is 182 Å². The van der Waals surface area contributed by atoms with Crippen LogP contribution < -0.4 is 30.8 Å². The molecule has 32 heavy (non-hydrogen) atoms. The summed E-state index contributed by atoms with van der Waals surface area (Å²) in [5.74, 6) is -0.812. The van der Waals surface area contributed by atoms with E-state index in [0.717, 1.165) is 4.57 Å². The maximum atomic E-state index is 12.9. The number of amides is 1. The van der Waals surface area contributed by atoms with Crippen LogP contribution in [0.5, 0.6) is 11.5 Å². The molecule has 0 bridgehead atoms. The first-order valence-corrected chi connectivity index (χ1v) is 10.8. The molecule has 0 aliphatic rings. The van der Waals surface area contributed by atoms with Gasteiger partial charge in [0.25, 0.3) is 11.5 Å². The number of nitrogens with one attached hydrogen (secondary N) is 2. The van der Waals surface area contributed by atoms with Gasteiger partial charge in [-0.2, -0.15) is 0 Å². The van der Waals surface area contributed by atoms with Crippen molar-refractivity contribution < 1.29 is 22.7 Å². The molecule has 2 aromatic heterocycles. The number of rotatable bonds is 8. The van der Waals surface area contributed by atoms with E-state index in [-0.39, 0.29) is 52.0 Å². The third-order valence-corrected chi connectivity index (χ3v) is 5.80. The number of benzene rings is 1. The molecular weight excluding hydrogens is 442 g/mol. The third kappa shape index (κ3) is 4.60. The predicted molar refractivity (Wildman–Crippen MR) is 116 cm³/mol. The number of ether oxygens (including phenoxy) is 2. The van der Waals surface area contributed by atoms with Crippen LogP contribution in [-0.2, 0) is 17.1 Å². The van der Waals surface area contributed by atoms with Crippen molar-refractivity contribution in [2.45, 2.75) is 0 Å². The minimum absolute atomic E-state index is 0.0432. The molecule has 3 aromatic rings. The Morgan fingerprint density at radius 3 is 2.59 bits per heavy atom. The zero-order valence-electron chi connectivity index (χ0n) is 17.4. The molecule has 14 heteroatoms. The summed E-state index contributed by atoms with van der Waals surface area (Å²) in [6.07, 6.45) is 3.90. The van der Waals surface area contributed by atoms with Gasteiger partial charge in [0.1, 0.15) is 18.5 Å². The highest BCUT2D eigenvalue weighted by Gasteiger charge is 2.21. The van der Waals surface area contributed by atoms with Gasteiger partial charge in [0.05, 0.1) is 29.5 Å². The number of nitrogen functional groups attached to an aromatic ring is 1. The van der Waals surface area contributed by atoms with Crippen molar-refractivity contribution in [3.8, 4) is 11.5 Å². The van der Waals surface area contributed by atoms with E-state index >= 15 is 0 Å². The number of methoxy groups -OCH3 is 1. The summed E-state index contributed by atoms with van der Waals surface area (Å²) in [7, 11) is 0.554. The van der Waals surface area contributed by atoms with E-state index < -0.39 is 21.5 Å². The van der Waals surface area contributed by atoms with Gasteiger partial charge < -0.3 is 15.2 Å². The fourth-order valence-electron chi connectivity index (χ4n) is 2.79. The van der Waals surface area contributed by atoms with Crippen molar-refractivity contribution in [2.75, 3.05) is 37.6 Å². The summed E-state index contributed by atoms with van der Waals surface area (Å²) in [6, 6.07) is 1.36. The van der Waals surface area contributed by atoms with E-state index in [1.165, 1.54) is 46.0 Å². The maximum absolute atomic E-state index is 12.9. The van der Waals surface area contributed by atoms with Gasteiger partial charge in [-0.25, -0.2) is 28.1 Å². The number of sulfonamides is 1. The Kier molecular flexibility index (Phi) is 6.55. The van der Waals surface area contributed by atoms with Crippen molar-refractivity contribution in [1.82, 2.24) is 24.2 Å². The normalized spacial score (nSPS) is 11.3. The van der Waals surface area contributed by atoms with Crippen LogP contribution in [-0.4, -0.2) is 60.4 Å². The summed E-state index contributed by atoms with van der Waals surface area (Å²) < 4.78 is 37.5. The molecule has 1 amide bonds. The van der Waals surface area contributed by atoms with E-state index in [4.69, 9.17) is 15.2 Å². The fraction of sp³-hybridized carbons (Fsp3) is 0.278. The summed E-state index contributed by atoms with van der Waals surface area (Å²) in [4.78, 5) is 37.3. The van der Waals surface area contributed by atoms with Gasteiger partial charge in [-0.3, -0.25) is 19.5 Å². The minimum Gasteiger partial charge on any atom is -0.491 e. The average molecular weight is 463 g/mol. The molecule has 0 aliphatic carbocycles. The van der Waals surface area contributed by atoms with Crippen LogP contribution in [0.4, 0.5) is 11.6 Å². The van der Waals surface area contributed by atoms with Crippen LogP contribution >= 0.6 is 0 Å². The molecule has 0 radical (unpaired) electrons. The first kappa shape index (κ1) is 22.9. The Hall–Kier alpha value is -3.78. The number of hydrogen-bond acceptors (Lipinski definition) is 10. The van der Waals surface area contributed by atoms with Gasteiger partial charge in [-0.1, -0.05) is 0 Å². The number of aromatic nitrogens is 4. The molecule has 3 rings (SSSR count). The van der Waals surface area contributed by atoms with E-state index in [9.17, 15) is 18.0 Å². The SMILES string of the molecule is CNS(=O)(=O)CCOc1cc(N)c2c(=O)n(C)c(NC(=O)c3cncnc3)nc2c1OC. The smallest absolute Gasteiger partial charge is 0.264 e. The van der Waals surface area contributed by atoms with Crippen molar-refractivity contribution in [3.63, 3.8) is 0 Å². The molecule has 0 unspecified atom stereocenters. The van der Waals surface area contributed by atoms with Crippen LogP contribution in [0.15, 0.2) is 29.6 Å². The summed E-state index contributed by atoms with van der Waals surface area (Å²) >= 11 is 0.